The van der Waals surface area contributed by atoms with Gasteiger partial charge in [-0.05, 0) is 19.3 Å². The second-order valence-electron chi connectivity index (χ2n) is 8.10. The van der Waals surface area contributed by atoms with E-state index >= 15 is 0 Å². The Morgan fingerprint density at radius 3 is 2.32 bits per heavy atom. The first-order valence-corrected chi connectivity index (χ1v) is 12.4. The molecule has 0 bridgehead atoms. The number of imidazole rings is 1. The molecule has 1 amide bonds. The summed E-state index contributed by atoms with van der Waals surface area (Å²) in [6, 6.07) is 21.0. The Morgan fingerprint density at radius 1 is 1.03 bits per heavy atom. The van der Waals surface area contributed by atoms with Crippen LogP contribution in [0.3, 0.4) is 0 Å². The summed E-state index contributed by atoms with van der Waals surface area (Å²) >= 11 is 1.73. The van der Waals surface area contributed by atoms with Gasteiger partial charge in [0.2, 0.25) is 5.91 Å². The van der Waals surface area contributed by atoms with Crippen molar-refractivity contribution in [3.8, 4) is 22.5 Å². The highest BCUT2D eigenvalue weighted by Crippen LogP contribution is 2.36. The van der Waals surface area contributed by atoms with Gasteiger partial charge >= 0.3 is 0 Å². The van der Waals surface area contributed by atoms with Crippen molar-refractivity contribution in [3.63, 3.8) is 0 Å². The number of aromatic nitrogens is 2. The summed E-state index contributed by atoms with van der Waals surface area (Å²) in [5, 5.41) is 4.16. The Kier molecular flexibility index (Phi) is 7.47. The van der Waals surface area contributed by atoms with E-state index in [1.165, 1.54) is 24.1 Å². The van der Waals surface area contributed by atoms with Crippen LogP contribution in [0, 0.1) is 5.92 Å². The quantitative estimate of drug-likeness (QED) is 0.331. The van der Waals surface area contributed by atoms with Crippen LogP contribution in [0.4, 0.5) is 0 Å². The van der Waals surface area contributed by atoms with Crippen molar-refractivity contribution in [3.05, 3.63) is 60.7 Å². The van der Waals surface area contributed by atoms with Gasteiger partial charge in [-0.15, -0.1) is 0 Å². The summed E-state index contributed by atoms with van der Waals surface area (Å²) in [6.45, 7) is 3.80. The van der Waals surface area contributed by atoms with Crippen LogP contribution in [-0.2, 0) is 11.3 Å². The highest BCUT2D eigenvalue weighted by atomic mass is 32.2. The van der Waals surface area contributed by atoms with Crippen molar-refractivity contribution in [2.75, 3.05) is 12.3 Å². The number of thioether (sulfide) groups is 1. The second-order valence-corrected chi connectivity index (χ2v) is 9.16. The van der Waals surface area contributed by atoms with Crippen LogP contribution < -0.4 is 5.32 Å². The minimum Gasteiger partial charge on any atom is -0.355 e. The Hall–Kier alpha value is -2.53. The highest BCUT2D eigenvalue weighted by molar-refractivity contribution is 7.99. The van der Waals surface area contributed by atoms with Crippen molar-refractivity contribution in [2.45, 2.75) is 50.7 Å². The number of nitrogens with one attached hydrogen (secondary N) is 1. The first kappa shape index (κ1) is 21.7. The topological polar surface area (TPSA) is 46.9 Å². The lowest BCUT2D eigenvalue weighted by Crippen LogP contribution is -2.31. The summed E-state index contributed by atoms with van der Waals surface area (Å²) in [5.41, 5.74) is 4.51. The smallest absolute Gasteiger partial charge is 0.223 e. The number of carbonyl (C=O) groups excluding carboxylic acids is 1. The zero-order chi connectivity index (χ0) is 21.5. The predicted octanol–water partition coefficient (Wildman–Crippen LogP) is 6.03. The molecule has 0 radical (unpaired) electrons. The molecule has 0 atom stereocenters. The van der Waals surface area contributed by atoms with Gasteiger partial charge < -0.3 is 9.88 Å². The summed E-state index contributed by atoms with van der Waals surface area (Å²) in [7, 11) is 0. The average molecular weight is 434 g/mol. The maximum Gasteiger partial charge on any atom is 0.223 e. The molecule has 0 aliphatic heterocycles. The molecule has 31 heavy (non-hydrogen) atoms. The lowest BCUT2D eigenvalue weighted by molar-refractivity contribution is -0.124. The zero-order valence-corrected chi connectivity index (χ0v) is 19.0. The summed E-state index contributed by atoms with van der Waals surface area (Å²) in [6.07, 6.45) is 5.50. The molecule has 1 saturated carbocycles. The summed E-state index contributed by atoms with van der Waals surface area (Å²) < 4.78 is 2.35. The first-order valence-electron chi connectivity index (χ1n) is 11.4. The van der Waals surface area contributed by atoms with Gasteiger partial charge in [0.15, 0.2) is 5.16 Å². The van der Waals surface area contributed by atoms with E-state index in [1.54, 1.807) is 11.8 Å². The lowest BCUT2D eigenvalue weighted by atomic mass is 10.0. The van der Waals surface area contributed by atoms with Crippen LogP contribution >= 0.6 is 11.8 Å². The van der Waals surface area contributed by atoms with Gasteiger partial charge in [0.1, 0.15) is 0 Å². The molecule has 1 N–H and O–H groups in total. The van der Waals surface area contributed by atoms with Crippen LogP contribution in [-0.4, -0.2) is 27.8 Å². The Labute approximate surface area is 189 Å². The van der Waals surface area contributed by atoms with Gasteiger partial charge in [0, 0.05) is 35.9 Å². The number of hydrogen-bond acceptors (Lipinski definition) is 3. The Morgan fingerprint density at radius 2 is 1.68 bits per heavy atom. The van der Waals surface area contributed by atoms with Crippen LogP contribution in [0.25, 0.3) is 22.5 Å². The molecule has 1 fully saturated rings. The third-order valence-corrected chi connectivity index (χ3v) is 6.81. The average Bonchev–Trinajstić information content (AvgIpc) is 3.47. The van der Waals surface area contributed by atoms with Crippen LogP contribution in [0.2, 0.25) is 0 Å². The molecule has 0 saturated heterocycles. The van der Waals surface area contributed by atoms with E-state index in [9.17, 15) is 4.79 Å². The van der Waals surface area contributed by atoms with E-state index < -0.39 is 0 Å². The van der Waals surface area contributed by atoms with Crippen molar-refractivity contribution in [2.24, 2.45) is 5.92 Å². The minimum atomic E-state index is 0.224. The lowest BCUT2D eigenvalue weighted by Gasteiger charge is -2.13. The van der Waals surface area contributed by atoms with E-state index in [2.05, 4.69) is 71.4 Å². The Balaban J connectivity index is 1.56. The molecule has 4 rings (SSSR count). The van der Waals surface area contributed by atoms with Gasteiger partial charge in [-0.25, -0.2) is 4.98 Å². The number of hydrogen-bond donors (Lipinski definition) is 1. The van der Waals surface area contributed by atoms with Crippen LogP contribution in [0.5, 0.6) is 0 Å². The fraction of sp³-hybridized carbons (Fsp3) is 0.385. The largest absolute Gasteiger partial charge is 0.355 e. The number of nitrogens with zero attached hydrogens (tertiary/aromatic N) is 2. The van der Waals surface area contributed by atoms with Crippen molar-refractivity contribution >= 4 is 17.7 Å². The molecule has 1 heterocycles. The minimum absolute atomic E-state index is 0.224. The van der Waals surface area contributed by atoms with E-state index in [0.29, 0.717) is 6.54 Å². The molecule has 0 spiro atoms. The van der Waals surface area contributed by atoms with Gasteiger partial charge in [-0.2, -0.15) is 0 Å². The highest BCUT2D eigenvalue weighted by Gasteiger charge is 2.23. The van der Waals surface area contributed by atoms with Crippen molar-refractivity contribution < 1.29 is 4.79 Å². The number of amides is 1. The first-order chi connectivity index (χ1) is 15.3. The molecule has 1 aromatic heterocycles. The second kappa shape index (κ2) is 10.7. The maximum atomic E-state index is 12.3. The molecule has 5 heteroatoms. The third kappa shape index (κ3) is 5.21. The van der Waals surface area contributed by atoms with Gasteiger partial charge in [-0.1, -0.05) is 92.2 Å². The molecule has 2 aromatic carbocycles. The van der Waals surface area contributed by atoms with Crippen LogP contribution in [0.15, 0.2) is 65.8 Å². The fourth-order valence-electron chi connectivity index (χ4n) is 4.31. The molecule has 162 valence electrons. The van der Waals surface area contributed by atoms with E-state index in [1.807, 2.05) is 6.07 Å². The molecular formula is C26H31N3OS. The molecular weight excluding hydrogens is 402 g/mol. The zero-order valence-electron chi connectivity index (χ0n) is 18.2. The predicted molar refractivity (Wildman–Crippen MR) is 129 cm³/mol. The van der Waals surface area contributed by atoms with E-state index in [0.717, 1.165) is 48.0 Å². The standard InChI is InChI=1S/C26H31N3OS/c1-2-18-29-24(21-13-7-4-8-14-21)23(20-11-5-3-6-12-20)28-26(29)31-19-17-27-25(30)22-15-9-10-16-22/h3-8,11-14,22H,2,9-10,15-19H2,1H3,(H,27,30). The number of carbonyl (C=O) groups is 1. The van der Waals surface area contributed by atoms with Crippen LogP contribution in [0.1, 0.15) is 39.0 Å². The monoisotopic (exact) mass is 433 g/mol. The molecule has 0 unspecified atom stereocenters. The van der Waals surface area contributed by atoms with Gasteiger partial charge in [-0.3, -0.25) is 4.79 Å². The maximum absolute atomic E-state index is 12.3. The SMILES string of the molecule is CCCn1c(SCCNC(=O)C2CCCC2)nc(-c2ccccc2)c1-c1ccccc1. The van der Waals surface area contributed by atoms with Crippen molar-refractivity contribution in [1.82, 2.24) is 14.9 Å². The van der Waals surface area contributed by atoms with E-state index in [-0.39, 0.29) is 11.8 Å². The van der Waals surface area contributed by atoms with E-state index in [4.69, 9.17) is 4.98 Å². The normalized spacial score (nSPS) is 14.1. The molecule has 1 aliphatic carbocycles. The van der Waals surface area contributed by atoms with Gasteiger partial charge in [0.05, 0.1) is 11.4 Å². The number of rotatable bonds is 9. The summed E-state index contributed by atoms with van der Waals surface area (Å²) in [5.74, 6) is 1.27. The number of benzene rings is 2. The molecule has 4 nitrogen and oxygen atoms in total. The fourth-order valence-corrected chi connectivity index (χ4v) is 5.19. The Bertz CT molecular complexity index is 979. The molecule has 1 aliphatic rings. The third-order valence-electron chi connectivity index (χ3n) is 5.83. The van der Waals surface area contributed by atoms with Crippen molar-refractivity contribution in [1.29, 1.82) is 0 Å². The summed E-state index contributed by atoms with van der Waals surface area (Å²) in [4.78, 5) is 17.4. The molecule has 3 aromatic rings. The van der Waals surface area contributed by atoms with Gasteiger partial charge in [0.25, 0.3) is 0 Å².